The summed E-state index contributed by atoms with van der Waals surface area (Å²) in [5, 5.41) is 11.5. The number of unbranched alkanes of at least 4 members (excludes halogenated alkanes) is 1. The lowest BCUT2D eigenvalue weighted by molar-refractivity contribution is 0.194. The highest BCUT2D eigenvalue weighted by molar-refractivity contribution is 5.83. The monoisotopic (exact) mass is 352 g/mol. The lowest BCUT2D eigenvalue weighted by Crippen LogP contribution is -2.23. The third-order valence-corrected chi connectivity index (χ3v) is 4.29. The van der Waals surface area contributed by atoms with Gasteiger partial charge in [0.2, 0.25) is 0 Å². The second-order valence-corrected chi connectivity index (χ2v) is 6.05. The molecule has 0 radical (unpaired) electrons. The van der Waals surface area contributed by atoms with E-state index in [1.54, 1.807) is 24.0 Å². The molecule has 2 aromatic heterocycles. The Bertz CT molecular complexity index is 983. The van der Waals surface area contributed by atoms with Gasteiger partial charge in [-0.2, -0.15) is 0 Å². The number of carbonyl (C=O) groups is 1. The van der Waals surface area contributed by atoms with Crippen LogP contribution in [0.15, 0.2) is 47.5 Å². The van der Waals surface area contributed by atoms with Gasteiger partial charge in [0.25, 0.3) is 5.56 Å². The first kappa shape index (κ1) is 17.6. The van der Waals surface area contributed by atoms with Gasteiger partial charge in [0.15, 0.2) is 0 Å². The SMILES string of the molecule is Cn1c(CCCCNC(=O)O)nc2ccc(-c3ccncc3)cc2c1=O. The fraction of sp³-hybridized carbons (Fsp3) is 0.263. The molecule has 2 N–H and O–H groups in total. The molecule has 0 fully saturated rings. The van der Waals surface area contributed by atoms with Crippen molar-refractivity contribution in [2.45, 2.75) is 19.3 Å². The topological polar surface area (TPSA) is 97.1 Å². The van der Waals surface area contributed by atoms with E-state index < -0.39 is 6.09 Å². The summed E-state index contributed by atoms with van der Waals surface area (Å²) >= 11 is 0. The fourth-order valence-electron chi connectivity index (χ4n) is 2.87. The van der Waals surface area contributed by atoms with Gasteiger partial charge < -0.3 is 10.4 Å². The number of nitrogens with zero attached hydrogens (tertiary/aromatic N) is 3. The number of pyridine rings is 1. The molecule has 0 spiro atoms. The van der Waals surface area contributed by atoms with Crippen LogP contribution in [0.5, 0.6) is 0 Å². The molecule has 1 aromatic carbocycles. The first-order valence-electron chi connectivity index (χ1n) is 8.43. The zero-order chi connectivity index (χ0) is 18.5. The van der Waals surface area contributed by atoms with Crippen molar-refractivity contribution in [1.29, 1.82) is 0 Å². The Morgan fingerprint density at radius 1 is 1.15 bits per heavy atom. The van der Waals surface area contributed by atoms with E-state index in [-0.39, 0.29) is 5.56 Å². The van der Waals surface area contributed by atoms with Gasteiger partial charge in [-0.1, -0.05) is 6.07 Å². The standard InChI is InChI=1S/C19H20N4O3/c1-23-17(4-2-3-9-21-19(25)26)22-16-6-5-14(12-15(16)18(23)24)13-7-10-20-11-8-13/h5-8,10-12,21H,2-4,9H2,1H3,(H,25,26). The molecule has 0 bridgehead atoms. The summed E-state index contributed by atoms with van der Waals surface area (Å²) in [6.07, 6.45) is 4.49. The highest BCUT2D eigenvalue weighted by atomic mass is 16.4. The van der Waals surface area contributed by atoms with Crippen molar-refractivity contribution in [3.05, 3.63) is 58.9 Å². The number of fused-ring (bicyclic) bond motifs is 1. The quantitative estimate of drug-likeness (QED) is 0.665. The van der Waals surface area contributed by atoms with E-state index in [9.17, 15) is 9.59 Å². The minimum atomic E-state index is -1.02. The number of benzene rings is 1. The van der Waals surface area contributed by atoms with Gasteiger partial charge in [0.05, 0.1) is 10.9 Å². The number of amides is 1. The average Bonchev–Trinajstić information content (AvgIpc) is 2.65. The molecular weight excluding hydrogens is 332 g/mol. The van der Waals surface area contributed by atoms with Crippen molar-refractivity contribution >= 4 is 17.0 Å². The van der Waals surface area contributed by atoms with Gasteiger partial charge in [0.1, 0.15) is 5.82 Å². The summed E-state index contributed by atoms with van der Waals surface area (Å²) in [5.41, 5.74) is 2.54. The van der Waals surface area contributed by atoms with Crippen LogP contribution < -0.4 is 10.9 Å². The van der Waals surface area contributed by atoms with Crippen LogP contribution in [0.2, 0.25) is 0 Å². The van der Waals surface area contributed by atoms with Gasteiger partial charge >= 0.3 is 6.09 Å². The Labute approximate surface area is 150 Å². The summed E-state index contributed by atoms with van der Waals surface area (Å²) in [7, 11) is 1.72. The molecule has 0 unspecified atom stereocenters. The maximum atomic E-state index is 12.7. The highest BCUT2D eigenvalue weighted by Crippen LogP contribution is 2.21. The molecule has 26 heavy (non-hydrogen) atoms. The van der Waals surface area contributed by atoms with Crippen LogP contribution in [0.4, 0.5) is 4.79 Å². The molecule has 1 amide bonds. The predicted molar refractivity (Wildman–Crippen MR) is 99.2 cm³/mol. The number of nitrogens with one attached hydrogen (secondary N) is 1. The summed E-state index contributed by atoms with van der Waals surface area (Å²) in [6.45, 7) is 0.395. The zero-order valence-electron chi connectivity index (χ0n) is 14.5. The zero-order valence-corrected chi connectivity index (χ0v) is 14.5. The molecule has 134 valence electrons. The molecule has 0 saturated heterocycles. The largest absolute Gasteiger partial charge is 0.465 e. The van der Waals surface area contributed by atoms with Crippen LogP contribution in [0.25, 0.3) is 22.0 Å². The molecule has 3 aromatic rings. The number of aryl methyl sites for hydroxylation is 1. The number of rotatable bonds is 6. The van der Waals surface area contributed by atoms with E-state index >= 15 is 0 Å². The summed E-state index contributed by atoms with van der Waals surface area (Å²) in [5.74, 6) is 0.703. The normalized spacial score (nSPS) is 10.8. The molecule has 2 heterocycles. The van der Waals surface area contributed by atoms with Gasteiger partial charge in [-0.25, -0.2) is 9.78 Å². The third kappa shape index (κ3) is 3.88. The van der Waals surface area contributed by atoms with E-state index in [1.165, 1.54) is 0 Å². The molecule has 7 heteroatoms. The van der Waals surface area contributed by atoms with Gasteiger partial charge in [-0.05, 0) is 48.2 Å². The molecule has 3 rings (SSSR count). The highest BCUT2D eigenvalue weighted by Gasteiger charge is 2.10. The number of aromatic nitrogens is 3. The van der Waals surface area contributed by atoms with Crippen LogP contribution in [-0.2, 0) is 13.5 Å². The fourth-order valence-corrected chi connectivity index (χ4v) is 2.87. The van der Waals surface area contributed by atoms with Crippen molar-refractivity contribution in [3.63, 3.8) is 0 Å². The molecule has 0 aliphatic carbocycles. The Hall–Kier alpha value is -3.22. The number of hydrogen-bond donors (Lipinski definition) is 2. The van der Waals surface area contributed by atoms with Crippen LogP contribution in [0.1, 0.15) is 18.7 Å². The molecular formula is C19H20N4O3. The van der Waals surface area contributed by atoms with Crippen molar-refractivity contribution in [2.24, 2.45) is 7.05 Å². The lowest BCUT2D eigenvalue weighted by Gasteiger charge is -2.10. The van der Waals surface area contributed by atoms with E-state index in [0.29, 0.717) is 36.1 Å². The average molecular weight is 352 g/mol. The smallest absolute Gasteiger partial charge is 0.404 e. The second kappa shape index (κ2) is 7.77. The van der Waals surface area contributed by atoms with Gasteiger partial charge in [0, 0.05) is 32.4 Å². The maximum absolute atomic E-state index is 12.7. The van der Waals surface area contributed by atoms with Crippen molar-refractivity contribution in [1.82, 2.24) is 19.9 Å². The predicted octanol–water partition coefficient (Wildman–Crippen LogP) is 2.59. The molecule has 0 aliphatic heterocycles. The maximum Gasteiger partial charge on any atom is 0.404 e. The Balaban J connectivity index is 1.84. The minimum absolute atomic E-state index is 0.0791. The first-order valence-corrected chi connectivity index (χ1v) is 8.43. The van der Waals surface area contributed by atoms with E-state index in [2.05, 4.69) is 15.3 Å². The Morgan fingerprint density at radius 3 is 2.65 bits per heavy atom. The van der Waals surface area contributed by atoms with Crippen molar-refractivity contribution in [2.75, 3.05) is 6.54 Å². The van der Waals surface area contributed by atoms with E-state index in [4.69, 9.17) is 5.11 Å². The van der Waals surface area contributed by atoms with Crippen LogP contribution in [0.3, 0.4) is 0 Å². The van der Waals surface area contributed by atoms with Crippen LogP contribution in [-0.4, -0.2) is 32.3 Å². The molecule has 0 aliphatic rings. The minimum Gasteiger partial charge on any atom is -0.465 e. The van der Waals surface area contributed by atoms with Crippen molar-refractivity contribution in [3.8, 4) is 11.1 Å². The van der Waals surface area contributed by atoms with Gasteiger partial charge in [-0.15, -0.1) is 0 Å². The Morgan fingerprint density at radius 2 is 1.92 bits per heavy atom. The van der Waals surface area contributed by atoms with Crippen molar-refractivity contribution < 1.29 is 9.90 Å². The summed E-state index contributed by atoms with van der Waals surface area (Å²) < 4.78 is 1.57. The van der Waals surface area contributed by atoms with Crippen LogP contribution in [0, 0.1) is 0 Å². The molecule has 0 atom stereocenters. The summed E-state index contributed by atoms with van der Waals surface area (Å²) in [4.78, 5) is 31.8. The second-order valence-electron chi connectivity index (χ2n) is 6.05. The van der Waals surface area contributed by atoms with E-state index in [1.807, 2.05) is 30.3 Å². The van der Waals surface area contributed by atoms with Gasteiger partial charge in [-0.3, -0.25) is 14.3 Å². The first-order chi connectivity index (χ1) is 12.6. The van der Waals surface area contributed by atoms with E-state index in [0.717, 1.165) is 17.5 Å². The third-order valence-electron chi connectivity index (χ3n) is 4.29. The lowest BCUT2D eigenvalue weighted by atomic mass is 10.0. The molecule has 7 nitrogen and oxygen atoms in total. The summed E-state index contributed by atoms with van der Waals surface area (Å²) in [6, 6.07) is 9.48. The van der Waals surface area contributed by atoms with Crippen LogP contribution >= 0.6 is 0 Å². The Kier molecular flexibility index (Phi) is 5.26. The molecule has 0 saturated carbocycles. The number of carboxylic acid groups (broad SMARTS) is 1. The number of hydrogen-bond acceptors (Lipinski definition) is 4.